The van der Waals surface area contributed by atoms with Crippen LogP contribution in [-0.2, 0) is 0 Å². The van der Waals surface area contributed by atoms with Crippen LogP contribution in [0.4, 0.5) is 5.69 Å². The van der Waals surface area contributed by atoms with Crippen molar-refractivity contribution in [3.63, 3.8) is 0 Å². The van der Waals surface area contributed by atoms with Gasteiger partial charge in [-0.1, -0.05) is 12.1 Å². The Kier molecular flexibility index (Phi) is 3.02. The fourth-order valence-corrected chi connectivity index (χ4v) is 2.02. The number of aldehydes is 1. The first-order valence-corrected chi connectivity index (χ1v) is 5.36. The summed E-state index contributed by atoms with van der Waals surface area (Å²) in [6.45, 7) is 1.90. The first kappa shape index (κ1) is 10.2. The molecule has 2 rings (SSSR count). The van der Waals surface area contributed by atoms with E-state index in [1.807, 2.05) is 24.3 Å². The Balaban J connectivity index is 2.18. The third-order valence-corrected chi connectivity index (χ3v) is 2.94. The van der Waals surface area contributed by atoms with E-state index in [4.69, 9.17) is 5.73 Å². The minimum absolute atomic E-state index is 0.324. The van der Waals surface area contributed by atoms with Gasteiger partial charge in [0.25, 0.3) is 0 Å². The molecule has 1 heterocycles. The number of nitrogens with two attached hydrogens (primary N) is 1. The van der Waals surface area contributed by atoms with E-state index in [0.29, 0.717) is 6.04 Å². The van der Waals surface area contributed by atoms with Crippen LogP contribution in [0.5, 0.6) is 0 Å². The number of hydrogen-bond acceptors (Lipinski definition) is 3. The van der Waals surface area contributed by atoms with Crippen molar-refractivity contribution >= 4 is 12.0 Å². The second kappa shape index (κ2) is 4.45. The number of anilines is 1. The van der Waals surface area contributed by atoms with Gasteiger partial charge in [-0.25, -0.2) is 0 Å². The molecule has 1 saturated heterocycles. The van der Waals surface area contributed by atoms with E-state index in [9.17, 15) is 4.79 Å². The largest absolute Gasteiger partial charge is 0.371 e. The van der Waals surface area contributed by atoms with Gasteiger partial charge in [-0.05, 0) is 25.0 Å². The second-order valence-corrected chi connectivity index (χ2v) is 4.00. The smallest absolute Gasteiger partial charge is 0.152 e. The molecule has 0 saturated carbocycles. The van der Waals surface area contributed by atoms with E-state index in [1.54, 1.807) is 0 Å². The monoisotopic (exact) mass is 204 g/mol. The summed E-state index contributed by atoms with van der Waals surface area (Å²) in [7, 11) is 0. The van der Waals surface area contributed by atoms with Gasteiger partial charge >= 0.3 is 0 Å². The zero-order valence-corrected chi connectivity index (χ0v) is 8.73. The van der Waals surface area contributed by atoms with Crippen LogP contribution in [0.25, 0.3) is 0 Å². The molecule has 1 aliphatic rings. The highest BCUT2D eigenvalue weighted by molar-refractivity contribution is 5.84. The van der Waals surface area contributed by atoms with Crippen molar-refractivity contribution in [2.45, 2.75) is 18.9 Å². The minimum atomic E-state index is 0.324. The molecule has 3 nitrogen and oxygen atoms in total. The van der Waals surface area contributed by atoms with E-state index in [1.165, 1.54) is 0 Å². The predicted octanol–water partition coefficient (Wildman–Crippen LogP) is 1.43. The molecule has 1 aromatic carbocycles. The summed E-state index contributed by atoms with van der Waals surface area (Å²) in [4.78, 5) is 13.1. The zero-order valence-electron chi connectivity index (χ0n) is 8.73. The summed E-state index contributed by atoms with van der Waals surface area (Å²) in [5, 5.41) is 0. The maximum absolute atomic E-state index is 10.9. The van der Waals surface area contributed by atoms with Gasteiger partial charge in [0.15, 0.2) is 6.29 Å². The minimum Gasteiger partial charge on any atom is -0.371 e. The Bertz CT molecular complexity index is 343. The molecule has 1 aromatic rings. The van der Waals surface area contributed by atoms with E-state index in [2.05, 4.69) is 4.90 Å². The molecule has 80 valence electrons. The fraction of sp³-hybridized carbons (Fsp3) is 0.417. The number of carbonyl (C=O) groups is 1. The first-order chi connectivity index (χ1) is 7.31. The molecule has 0 spiro atoms. The molecule has 0 unspecified atom stereocenters. The van der Waals surface area contributed by atoms with Crippen molar-refractivity contribution in [3.05, 3.63) is 29.8 Å². The third kappa shape index (κ3) is 2.18. The molecule has 3 heteroatoms. The number of carbonyl (C=O) groups excluding carboxylic acids is 1. The van der Waals surface area contributed by atoms with Crippen LogP contribution in [-0.4, -0.2) is 25.4 Å². The lowest BCUT2D eigenvalue weighted by Gasteiger charge is -2.32. The topological polar surface area (TPSA) is 46.3 Å². The molecule has 0 atom stereocenters. The maximum atomic E-state index is 10.9. The van der Waals surface area contributed by atoms with Crippen LogP contribution in [0.15, 0.2) is 24.3 Å². The molecule has 0 aliphatic carbocycles. The molecule has 2 N–H and O–H groups in total. The quantitative estimate of drug-likeness (QED) is 0.741. The summed E-state index contributed by atoms with van der Waals surface area (Å²) in [5.74, 6) is 0. The summed E-state index contributed by atoms with van der Waals surface area (Å²) >= 11 is 0. The van der Waals surface area contributed by atoms with Crippen LogP contribution in [0.1, 0.15) is 23.2 Å². The van der Waals surface area contributed by atoms with Crippen LogP contribution in [0, 0.1) is 0 Å². The van der Waals surface area contributed by atoms with Crippen LogP contribution < -0.4 is 10.6 Å². The van der Waals surface area contributed by atoms with Gasteiger partial charge in [-0.15, -0.1) is 0 Å². The maximum Gasteiger partial charge on any atom is 0.152 e. The van der Waals surface area contributed by atoms with E-state index in [0.717, 1.165) is 43.5 Å². The van der Waals surface area contributed by atoms with Gasteiger partial charge in [0.1, 0.15) is 0 Å². The Morgan fingerprint density at radius 2 is 1.93 bits per heavy atom. The first-order valence-electron chi connectivity index (χ1n) is 5.36. The van der Waals surface area contributed by atoms with Crippen molar-refractivity contribution in [2.75, 3.05) is 18.0 Å². The number of nitrogens with zero attached hydrogens (tertiary/aromatic N) is 1. The Morgan fingerprint density at radius 3 is 2.60 bits per heavy atom. The van der Waals surface area contributed by atoms with Crippen LogP contribution in [0.3, 0.4) is 0 Å². The lowest BCUT2D eigenvalue weighted by atomic mass is 10.0. The van der Waals surface area contributed by atoms with E-state index >= 15 is 0 Å². The Labute approximate surface area is 89.9 Å². The van der Waals surface area contributed by atoms with Crippen molar-refractivity contribution in [1.82, 2.24) is 0 Å². The van der Waals surface area contributed by atoms with Gasteiger partial charge < -0.3 is 10.6 Å². The molecule has 15 heavy (non-hydrogen) atoms. The molecule has 0 bridgehead atoms. The highest BCUT2D eigenvalue weighted by Crippen LogP contribution is 2.22. The van der Waals surface area contributed by atoms with Crippen LogP contribution >= 0.6 is 0 Å². The number of rotatable bonds is 2. The summed E-state index contributed by atoms with van der Waals surface area (Å²) in [6.07, 6.45) is 2.93. The van der Waals surface area contributed by atoms with Gasteiger partial charge in [0.05, 0.1) is 0 Å². The lowest BCUT2D eigenvalue weighted by Crippen LogP contribution is -2.40. The van der Waals surface area contributed by atoms with Gasteiger partial charge in [0, 0.05) is 30.4 Å². The number of piperidine rings is 1. The fourth-order valence-electron chi connectivity index (χ4n) is 2.02. The Hall–Kier alpha value is -1.35. The van der Waals surface area contributed by atoms with Gasteiger partial charge in [0.2, 0.25) is 0 Å². The average Bonchev–Trinajstić information content (AvgIpc) is 2.30. The van der Waals surface area contributed by atoms with Gasteiger partial charge in [-0.3, -0.25) is 4.79 Å². The highest BCUT2D eigenvalue weighted by Gasteiger charge is 2.17. The highest BCUT2D eigenvalue weighted by atomic mass is 16.1. The molecule has 1 fully saturated rings. The number of hydrogen-bond donors (Lipinski definition) is 1. The SMILES string of the molecule is NC1CCN(c2ccccc2C=O)CC1. The standard InChI is InChI=1S/C12H16N2O/c13-11-5-7-14(8-6-11)12-4-2-1-3-10(12)9-15/h1-4,9,11H,5-8,13H2. The normalized spacial score (nSPS) is 17.8. The predicted molar refractivity (Wildman–Crippen MR) is 61.3 cm³/mol. The molecule has 1 aliphatic heterocycles. The summed E-state index contributed by atoms with van der Waals surface area (Å²) in [6, 6.07) is 8.04. The molecular formula is C12H16N2O. The van der Waals surface area contributed by atoms with Crippen molar-refractivity contribution in [1.29, 1.82) is 0 Å². The van der Waals surface area contributed by atoms with E-state index < -0.39 is 0 Å². The second-order valence-electron chi connectivity index (χ2n) is 4.00. The zero-order chi connectivity index (χ0) is 10.7. The van der Waals surface area contributed by atoms with Crippen LogP contribution in [0.2, 0.25) is 0 Å². The summed E-state index contributed by atoms with van der Waals surface area (Å²) < 4.78 is 0. The lowest BCUT2D eigenvalue weighted by molar-refractivity contribution is 0.112. The third-order valence-electron chi connectivity index (χ3n) is 2.94. The average molecular weight is 204 g/mol. The molecule has 0 amide bonds. The number of para-hydroxylation sites is 1. The number of benzene rings is 1. The summed E-state index contributed by atoms with van der Waals surface area (Å²) in [5.41, 5.74) is 7.66. The molecular weight excluding hydrogens is 188 g/mol. The van der Waals surface area contributed by atoms with Crippen molar-refractivity contribution in [3.8, 4) is 0 Å². The van der Waals surface area contributed by atoms with Crippen molar-refractivity contribution < 1.29 is 4.79 Å². The molecule has 0 radical (unpaired) electrons. The molecule has 0 aromatic heterocycles. The Morgan fingerprint density at radius 1 is 1.27 bits per heavy atom. The van der Waals surface area contributed by atoms with E-state index in [-0.39, 0.29) is 0 Å². The van der Waals surface area contributed by atoms with Crippen molar-refractivity contribution in [2.24, 2.45) is 5.73 Å². The van der Waals surface area contributed by atoms with Gasteiger partial charge in [-0.2, -0.15) is 0 Å².